The molecule has 0 unspecified atom stereocenters. The highest BCUT2D eigenvalue weighted by atomic mass is 16.5. The Bertz CT molecular complexity index is 433. The third kappa shape index (κ3) is 5.79. The fourth-order valence-corrected chi connectivity index (χ4v) is 1.90. The topological polar surface area (TPSA) is 21.3 Å². The van der Waals surface area contributed by atoms with Crippen LogP contribution in [0.4, 0.5) is 0 Å². The predicted molar refractivity (Wildman–Crippen MR) is 88.2 cm³/mol. The van der Waals surface area contributed by atoms with Gasteiger partial charge in [0, 0.05) is 18.2 Å². The second kappa shape index (κ2) is 8.11. The van der Waals surface area contributed by atoms with Crippen LogP contribution in [0.15, 0.2) is 29.8 Å². The van der Waals surface area contributed by atoms with E-state index in [-0.39, 0.29) is 6.10 Å². The van der Waals surface area contributed by atoms with Crippen LogP contribution in [0.2, 0.25) is 0 Å². The fourth-order valence-electron chi connectivity index (χ4n) is 1.90. The van der Waals surface area contributed by atoms with Gasteiger partial charge in [-0.15, -0.1) is 0 Å². The Hall–Kier alpha value is -1.28. The second-order valence-electron chi connectivity index (χ2n) is 6.11. The van der Waals surface area contributed by atoms with Crippen molar-refractivity contribution in [1.29, 1.82) is 0 Å². The van der Waals surface area contributed by atoms with E-state index in [9.17, 15) is 0 Å². The number of benzene rings is 1. The van der Waals surface area contributed by atoms with Crippen molar-refractivity contribution < 1.29 is 4.74 Å². The number of nitrogens with one attached hydrogen (secondary N) is 1. The number of para-hydroxylation sites is 1. The second-order valence-corrected chi connectivity index (χ2v) is 6.11. The molecule has 112 valence electrons. The van der Waals surface area contributed by atoms with E-state index in [1.54, 1.807) is 0 Å². The Morgan fingerprint density at radius 2 is 1.75 bits per heavy atom. The Balaban J connectivity index is 2.98. The number of hydrogen-bond acceptors (Lipinski definition) is 2. The zero-order valence-electron chi connectivity index (χ0n) is 13.7. The van der Waals surface area contributed by atoms with E-state index in [1.807, 2.05) is 12.1 Å². The Labute approximate surface area is 124 Å². The van der Waals surface area contributed by atoms with Crippen molar-refractivity contribution in [1.82, 2.24) is 5.32 Å². The molecule has 0 bridgehead atoms. The summed E-state index contributed by atoms with van der Waals surface area (Å²) in [7, 11) is 0. The quantitative estimate of drug-likeness (QED) is 0.790. The zero-order chi connectivity index (χ0) is 15.1. The lowest BCUT2D eigenvalue weighted by Gasteiger charge is -2.17. The molecular formula is C18H29NO. The first-order chi connectivity index (χ1) is 9.40. The van der Waals surface area contributed by atoms with Gasteiger partial charge in [0.1, 0.15) is 5.75 Å². The highest BCUT2D eigenvalue weighted by molar-refractivity contribution is 5.60. The lowest BCUT2D eigenvalue weighted by Crippen LogP contribution is -2.26. The van der Waals surface area contributed by atoms with Crippen molar-refractivity contribution in [2.45, 2.75) is 53.7 Å². The molecule has 0 atom stereocenters. The van der Waals surface area contributed by atoms with Crippen LogP contribution in [-0.4, -0.2) is 18.7 Å². The fraction of sp³-hybridized carbons (Fsp3) is 0.556. The number of hydrogen-bond donors (Lipinski definition) is 1. The molecule has 2 heteroatoms. The van der Waals surface area contributed by atoms with E-state index in [0.29, 0.717) is 12.0 Å². The summed E-state index contributed by atoms with van der Waals surface area (Å²) >= 11 is 0. The van der Waals surface area contributed by atoms with Gasteiger partial charge in [-0.25, -0.2) is 0 Å². The molecule has 1 N–H and O–H groups in total. The highest BCUT2D eigenvalue weighted by Gasteiger charge is 2.08. The predicted octanol–water partition coefficient (Wildman–Crippen LogP) is 4.51. The van der Waals surface area contributed by atoms with Crippen LogP contribution in [0.25, 0.3) is 6.08 Å². The molecule has 0 radical (unpaired) electrons. The summed E-state index contributed by atoms with van der Waals surface area (Å²) in [6.07, 6.45) is 2.46. The van der Waals surface area contributed by atoms with Gasteiger partial charge in [-0.05, 0) is 25.8 Å². The maximum absolute atomic E-state index is 5.89. The average Bonchev–Trinajstić information content (AvgIpc) is 2.35. The van der Waals surface area contributed by atoms with Crippen molar-refractivity contribution in [3.05, 3.63) is 35.4 Å². The van der Waals surface area contributed by atoms with E-state index >= 15 is 0 Å². The van der Waals surface area contributed by atoms with Crippen LogP contribution < -0.4 is 10.1 Å². The molecule has 2 nitrogen and oxygen atoms in total. The normalized spacial score (nSPS) is 12.6. The summed E-state index contributed by atoms with van der Waals surface area (Å²) in [6, 6.07) is 8.75. The molecule has 1 aromatic rings. The maximum Gasteiger partial charge on any atom is 0.126 e. The molecule has 0 aliphatic heterocycles. The third-order valence-electron chi connectivity index (χ3n) is 3.08. The molecule has 0 heterocycles. The largest absolute Gasteiger partial charge is 0.490 e. The number of rotatable bonds is 7. The molecule has 20 heavy (non-hydrogen) atoms. The van der Waals surface area contributed by atoms with Gasteiger partial charge in [0.2, 0.25) is 0 Å². The SMILES string of the molecule is CC(C)NCC(=Cc1ccccc1OC(C)C)C(C)C. The standard InChI is InChI=1S/C18H29NO/c1-13(2)17(12-19-14(3)4)11-16-9-7-8-10-18(16)20-15(5)6/h7-11,13-15,19H,12H2,1-6H3. The summed E-state index contributed by atoms with van der Waals surface area (Å²) in [5, 5.41) is 3.50. The first kappa shape index (κ1) is 16.8. The summed E-state index contributed by atoms with van der Waals surface area (Å²) < 4.78 is 5.89. The summed E-state index contributed by atoms with van der Waals surface area (Å²) in [6.45, 7) is 13.9. The van der Waals surface area contributed by atoms with E-state index in [0.717, 1.165) is 17.9 Å². The highest BCUT2D eigenvalue weighted by Crippen LogP contribution is 2.24. The average molecular weight is 275 g/mol. The molecule has 0 saturated heterocycles. The maximum atomic E-state index is 5.89. The molecule has 1 aromatic carbocycles. The Morgan fingerprint density at radius 1 is 1.10 bits per heavy atom. The number of ether oxygens (including phenoxy) is 1. The van der Waals surface area contributed by atoms with E-state index in [2.05, 4.69) is 65.1 Å². The molecule has 0 aliphatic rings. The lowest BCUT2D eigenvalue weighted by molar-refractivity contribution is 0.242. The van der Waals surface area contributed by atoms with Crippen LogP contribution in [0.1, 0.15) is 47.1 Å². The van der Waals surface area contributed by atoms with E-state index in [1.165, 1.54) is 5.57 Å². The molecular weight excluding hydrogens is 246 g/mol. The summed E-state index contributed by atoms with van der Waals surface area (Å²) in [5.74, 6) is 1.48. The molecule has 0 fully saturated rings. The first-order valence-electron chi connectivity index (χ1n) is 7.59. The van der Waals surface area contributed by atoms with Gasteiger partial charge < -0.3 is 10.1 Å². The van der Waals surface area contributed by atoms with Gasteiger partial charge in [-0.1, -0.05) is 57.5 Å². The van der Waals surface area contributed by atoms with E-state index in [4.69, 9.17) is 4.74 Å². The van der Waals surface area contributed by atoms with Gasteiger partial charge in [0.05, 0.1) is 6.10 Å². The smallest absolute Gasteiger partial charge is 0.126 e. The van der Waals surface area contributed by atoms with Crippen molar-refractivity contribution in [2.75, 3.05) is 6.54 Å². The minimum Gasteiger partial charge on any atom is -0.490 e. The van der Waals surface area contributed by atoms with Crippen LogP contribution in [0, 0.1) is 5.92 Å². The van der Waals surface area contributed by atoms with Crippen molar-refractivity contribution in [3.63, 3.8) is 0 Å². The van der Waals surface area contributed by atoms with Gasteiger partial charge in [0.25, 0.3) is 0 Å². The zero-order valence-corrected chi connectivity index (χ0v) is 13.7. The summed E-state index contributed by atoms with van der Waals surface area (Å²) in [4.78, 5) is 0. The first-order valence-corrected chi connectivity index (χ1v) is 7.59. The van der Waals surface area contributed by atoms with Gasteiger partial charge in [0.15, 0.2) is 0 Å². The minimum absolute atomic E-state index is 0.195. The third-order valence-corrected chi connectivity index (χ3v) is 3.08. The van der Waals surface area contributed by atoms with Crippen LogP contribution in [0.3, 0.4) is 0 Å². The molecule has 0 aliphatic carbocycles. The minimum atomic E-state index is 0.195. The van der Waals surface area contributed by atoms with Crippen molar-refractivity contribution in [3.8, 4) is 5.75 Å². The molecule has 0 amide bonds. The molecule has 0 spiro atoms. The van der Waals surface area contributed by atoms with Crippen molar-refractivity contribution >= 4 is 6.08 Å². The van der Waals surface area contributed by atoms with Gasteiger partial charge in [-0.3, -0.25) is 0 Å². The van der Waals surface area contributed by atoms with Crippen LogP contribution >= 0.6 is 0 Å². The van der Waals surface area contributed by atoms with Crippen LogP contribution in [-0.2, 0) is 0 Å². The van der Waals surface area contributed by atoms with Crippen molar-refractivity contribution in [2.24, 2.45) is 5.92 Å². The van der Waals surface area contributed by atoms with E-state index < -0.39 is 0 Å². The lowest BCUT2D eigenvalue weighted by atomic mass is 9.99. The molecule has 0 saturated carbocycles. The van der Waals surface area contributed by atoms with Crippen LogP contribution in [0.5, 0.6) is 5.75 Å². The Kier molecular flexibility index (Phi) is 6.80. The van der Waals surface area contributed by atoms with Gasteiger partial charge >= 0.3 is 0 Å². The molecule has 0 aromatic heterocycles. The van der Waals surface area contributed by atoms with Gasteiger partial charge in [-0.2, -0.15) is 0 Å². The molecule has 1 rings (SSSR count). The summed E-state index contributed by atoms with van der Waals surface area (Å²) in [5.41, 5.74) is 2.56. The monoisotopic (exact) mass is 275 g/mol. The Morgan fingerprint density at radius 3 is 2.30 bits per heavy atom.